The molecule has 1 aliphatic rings. The zero-order valence-electron chi connectivity index (χ0n) is 8.31. The van der Waals surface area contributed by atoms with Crippen molar-refractivity contribution in [3.05, 3.63) is 17.4 Å². The monoisotopic (exact) mass is 220 g/mol. The SMILES string of the molecule is NC1(c2nc3nccnc3s2)CCCC1. The first-order valence-electron chi connectivity index (χ1n) is 5.15. The molecule has 0 bridgehead atoms. The molecule has 4 nitrogen and oxygen atoms in total. The Kier molecular flexibility index (Phi) is 1.97. The fraction of sp³-hybridized carbons (Fsp3) is 0.500. The third-order valence-corrected chi connectivity index (χ3v) is 4.14. The summed E-state index contributed by atoms with van der Waals surface area (Å²) in [5.41, 5.74) is 6.85. The van der Waals surface area contributed by atoms with E-state index in [4.69, 9.17) is 5.73 Å². The molecule has 0 radical (unpaired) electrons. The Morgan fingerprint density at radius 1 is 1.20 bits per heavy atom. The molecular weight excluding hydrogens is 208 g/mol. The molecule has 1 fully saturated rings. The topological polar surface area (TPSA) is 64.7 Å². The van der Waals surface area contributed by atoms with Gasteiger partial charge in [-0.3, -0.25) is 0 Å². The van der Waals surface area contributed by atoms with Crippen molar-refractivity contribution in [2.45, 2.75) is 31.2 Å². The van der Waals surface area contributed by atoms with Crippen molar-refractivity contribution in [3.8, 4) is 0 Å². The number of rotatable bonds is 1. The van der Waals surface area contributed by atoms with Crippen LogP contribution in [0.25, 0.3) is 10.5 Å². The maximum absolute atomic E-state index is 6.34. The minimum Gasteiger partial charge on any atom is -0.319 e. The summed E-state index contributed by atoms with van der Waals surface area (Å²) in [5.74, 6) is 0. The van der Waals surface area contributed by atoms with Gasteiger partial charge in [0.2, 0.25) is 0 Å². The highest BCUT2D eigenvalue weighted by Gasteiger charge is 2.34. The Labute approximate surface area is 91.6 Å². The molecule has 2 aromatic rings. The molecule has 2 aromatic heterocycles. The molecule has 78 valence electrons. The Balaban J connectivity index is 2.11. The lowest BCUT2D eigenvalue weighted by molar-refractivity contribution is 0.460. The van der Waals surface area contributed by atoms with Crippen molar-refractivity contribution in [1.82, 2.24) is 15.0 Å². The van der Waals surface area contributed by atoms with Gasteiger partial charge in [0, 0.05) is 12.4 Å². The third kappa shape index (κ3) is 1.42. The Bertz CT molecular complexity index is 454. The molecule has 0 aromatic carbocycles. The molecule has 5 heteroatoms. The second kappa shape index (κ2) is 3.21. The molecule has 2 N–H and O–H groups in total. The van der Waals surface area contributed by atoms with E-state index >= 15 is 0 Å². The molecule has 0 saturated heterocycles. The van der Waals surface area contributed by atoms with Gasteiger partial charge in [-0.2, -0.15) is 0 Å². The third-order valence-electron chi connectivity index (χ3n) is 2.97. The molecule has 2 heterocycles. The summed E-state index contributed by atoms with van der Waals surface area (Å²) in [6.07, 6.45) is 7.84. The zero-order valence-corrected chi connectivity index (χ0v) is 9.13. The smallest absolute Gasteiger partial charge is 0.189 e. The molecule has 0 amide bonds. The van der Waals surface area contributed by atoms with Crippen molar-refractivity contribution in [3.63, 3.8) is 0 Å². The molecule has 0 spiro atoms. The van der Waals surface area contributed by atoms with Crippen LogP contribution in [0.15, 0.2) is 12.4 Å². The number of nitrogens with two attached hydrogens (primary N) is 1. The van der Waals surface area contributed by atoms with Crippen LogP contribution in [-0.2, 0) is 5.54 Å². The lowest BCUT2D eigenvalue weighted by atomic mass is 10.0. The van der Waals surface area contributed by atoms with Crippen LogP contribution in [0, 0.1) is 0 Å². The molecule has 1 saturated carbocycles. The van der Waals surface area contributed by atoms with Gasteiger partial charge in [0.15, 0.2) is 10.5 Å². The van der Waals surface area contributed by atoms with Crippen molar-refractivity contribution in [2.24, 2.45) is 5.73 Å². The van der Waals surface area contributed by atoms with Gasteiger partial charge < -0.3 is 5.73 Å². The second-order valence-corrected chi connectivity index (χ2v) is 5.04. The highest BCUT2D eigenvalue weighted by Crippen LogP contribution is 2.38. The van der Waals surface area contributed by atoms with Crippen LogP contribution in [0.5, 0.6) is 0 Å². The Morgan fingerprint density at radius 3 is 2.67 bits per heavy atom. The number of hydrogen-bond donors (Lipinski definition) is 1. The van der Waals surface area contributed by atoms with Gasteiger partial charge in [-0.25, -0.2) is 15.0 Å². The summed E-state index contributed by atoms with van der Waals surface area (Å²) in [5, 5.41) is 1.00. The quantitative estimate of drug-likeness (QED) is 0.796. The molecule has 0 atom stereocenters. The molecule has 0 aliphatic heterocycles. The number of nitrogens with zero attached hydrogens (tertiary/aromatic N) is 3. The van der Waals surface area contributed by atoms with Crippen LogP contribution >= 0.6 is 11.3 Å². The first-order chi connectivity index (χ1) is 7.28. The number of fused-ring (bicyclic) bond motifs is 1. The zero-order chi connectivity index (χ0) is 10.3. The van der Waals surface area contributed by atoms with Gasteiger partial charge in [0.1, 0.15) is 5.01 Å². The number of hydrogen-bond acceptors (Lipinski definition) is 5. The average Bonchev–Trinajstić information content (AvgIpc) is 2.84. The first-order valence-corrected chi connectivity index (χ1v) is 5.96. The van der Waals surface area contributed by atoms with Crippen molar-refractivity contribution in [2.75, 3.05) is 0 Å². The predicted octanol–water partition coefficient (Wildman–Crippen LogP) is 1.81. The summed E-state index contributed by atoms with van der Waals surface area (Å²) in [6.45, 7) is 0. The van der Waals surface area contributed by atoms with Crippen LogP contribution in [0.2, 0.25) is 0 Å². The van der Waals surface area contributed by atoms with Crippen LogP contribution in [-0.4, -0.2) is 15.0 Å². The number of thiazole rings is 1. The van der Waals surface area contributed by atoms with Crippen LogP contribution in [0.3, 0.4) is 0 Å². The van der Waals surface area contributed by atoms with Gasteiger partial charge in [0.05, 0.1) is 5.54 Å². The van der Waals surface area contributed by atoms with Crippen LogP contribution in [0.4, 0.5) is 0 Å². The first kappa shape index (κ1) is 9.18. The summed E-state index contributed by atoms with van der Waals surface area (Å²) >= 11 is 1.58. The lowest BCUT2D eigenvalue weighted by Gasteiger charge is -2.19. The highest BCUT2D eigenvalue weighted by atomic mass is 32.1. The standard InChI is InChI=1S/C10H12N4S/c11-10(3-1-2-4-10)9-14-7-8(15-9)13-6-5-12-7/h5-6H,1-4,11H2. The normalized spacial score (nSPS) is 19.8. The fourth-order valence-electron chi connectivity index (χ4n) is 2.11. The van der Waals surface area contributed by atoms with Crippen LogP contribution < -0.4 is 5.73 Å². The summed E-state index contributed by atoms with van der Waals surface area (Å²) in [6, 6.07) is 0. The average molecular weight is 220 g/mol. The van der Waals surface area contributed by atoms with Crippen molar-refractivity contribution in [1.29, 1.82) is 0 Å². The maximum Gasteiger partial charge on any atom is 0.189 e. The van der Waals surface area contributed by atoms with E-state index in [-0.39, 0.29) is 5.54 Å². The minimum absolute atomic E-state index is 0.215. The van der Waals surface area contributed by atoms with Gasteiger partial charge in [0.25, 0.3) is 0 Å². The number of aromatic nitrogens is 3. The van der Waals surface area contributed by atoms with Gasteiger partial charge >= 0.3 is 0 Å². The van der Waals surface area contributed by atoms with E-state index in [0.29, 0.717) is 0 Å². The summed E-state index contributed by atoms with van der Waals surface area (Å²) < 4.78 is 0. The molecule has 15 heavy (non-hydrogen) atoms. The van der Waals surface area contributed by atoms with Gasteiger partial charge in [-0.15, -0.1) is 0 Å². The Morgan fingerprint density at radius 2 is 1.93 bits per heavy atom. The van der Waals surface area contributed by atoms with Crippen LogP contribution in [0.1, 0.15) is 30.7 Å². The van der Waals surface area contributed by atoms with Gasteiger partial charge in [-0.1, -0.05) is 24.2 Å². The maximum atomic E-state index is 6.34. The van der Waals surface area contributed by atoms with Crippen molar-refractivity contribution < 1.29 is 0 Å². The molecular formula is C10H12N4S. The second-order valence-electron chi connectivity index (χ2n) is 4.07. The van der Waals surface area contributed by atoms with E-state index in [2.05, 4.69) is 15.0 Å². The Hall–Kier alpha value is -1.07. The van der Waals surface area contributed by atoms with E-state index in [1.807, 2.05) is 0 Å². The van der Waals surface area contributed by atoms with E-state index in [9.17, 15) is 0 Å². The molecule has 0 unspecified atom stereocenters. The van der Waals surface area contributed by atoms with Gasteiger partial charge in [-0.05, 0) is 12.8 Å². The minimum atomic E-state index is -0.215. The summed E-state index contributed by atoms with van der Waals surface area (Å²) in [4.78, 5) is 13.8. The lowest BCUT2D eigenvalue weighted by Crippen LogP contribution is -2.32. The fourth-order valence-corrected chi connectivity index (χ4v) is 3.14. The summed E-state index contributed by atoms with van der Waals surface area (Å²) in [7, 11) is 0. The van der Waals surface area contributed by atoms with E-state index in [0.717, 1.165) is 28.3 Å². The van der Waals surface area contributed by atoms with E-state index in [1.165, 1.54) is 12.8 Å². The highest BCUT2D eigenvalue weighted by molar-refractivity contribution is 7.18. The van der Waals surface area contributed by atoms with E-state index in [1.54, 1.807) is 23.7 Å². The van der Waals surface area contributed by atoms with E-state index < -0.39 is 0 Å². The van der Waals surface area contributed by atoms with Crippen molar-refractivity contribution >= 4 is 21.8 Å². The molecule has 1 aliphatic carbocycles. The largest absolute Gasteiger partial charge is 0.319 e. The predicted molar refractivity (Wildman–Crippen MR) is 59.5 cm³/mol. The molecule has 3 rings (SSSR count).